The summed E-state index contributed by atoms with van der Waals surface area (Å²) in [5, 5.41) is 5.32. The Morgan fingerprint density at radius 3 is 1.32 bits per heavy atom. The Morgan fingerprint density at radius 2 is 1.00 bits per heavy atom. The van der Waals surface area contributed by atoms with Gasteiger partial charge in [-0.1, -0.05) is 12.1 Å². The Hall–Kier alpha value is -0.660. The van der Waals surface area contributed by atoms with Crippen molar-refractivity contribution in [2.75, 3.05) is 0 Å². The average Bonchev–Trinajstić information content (AvgIpc) is 3.28. The molecule has 0 fully saturated rings. The van der Waals surface area contributed by atoms with E-state index in [1.54, 1.807) is 6.92 Å². The monoisotopic (exact) mass is 464 g/mol. The van der Waals surface area contributed by atoms with Crippen LogP contribution in [-0.4, -0.2) is 6.88 Å². The number of hydrogen-bond donors (Lipinski definition) is 0. The van der Waals surface area contributed by atoms with Gasteiger partial charge < -0.3 is 14.4 Å². The molecule has 0 spiro atoms. The van der Waals surface area contributed by atoms with Crippen LogP contribution in [0.25, 0.3) is 21.5 Å². The first-order chi connectivity index (χ1) is 10.9. The van der Waals surface area contributed by atoms with Crippen molar-refractivity contribution in [2.45, 2.75) is 6.92 Å². The van der Waals surface area contributed by atoms with E-state index in [1.807, 2.05) is 0 Å². The number of benzene rings is 2. The molecule has 0 saturated carbocycles. The average molecular weight is 467 g/mol. The zero-order valence-corrected chi connectivity index (χ0v) is 19.7. The molecule has 4 aromatic carbocycles. The minimum absolute atomic E-state index is 0. The van der Waals surface area contributed by atoms with Gasteiger partial charge in [0, 0.05) is 0 Å². The van der Waals surface area contributed by atoms with Crippen molar-refractivity contribution < 1.29 is 23.3 Å². The predicted octanol–water partition coefficient (Wildman–Crippen LogP) is 6.87. The molecule has 0 aliphatic heterocycles. The third-order valence-corrected chi connectivity index (χ3v) is 3.10. The SMILES string of the molecule is Cl.Cl.[CH2-]C.[CH3-].[Si]=[Zr].c1ccc2[cH-]ccc2c1.c1ccc2[cH-]ccc2c1. The molecular formula is C21H24Cl2SiZr-4. The fraction of sp³-hybridized carbons (Fsp3) is 0.0476. The van der Waals surface area contributed by atoms with Gasteiger partial charge in [-0.2, -0.15) is 42.0 Å². The van der Waals surface area contributed by atoms with Crippen molar-refractivity contribution in [3.8, 4) is 0 Å². The van der Waals surface area contributed by atoms with Crippen LogP contribution in [0, 0.1) is 14.4 Å². The molecule has 4 heteroatoms. The van der Waals surface area contributed by atoms with Crippen LogP contribution in [0.1, 0.15) is 6.92 Å². The summed E-state index contributed by atoms with van der Waals surface area (Å²) in [6, 6.07) is 29.3. The van der Waals surface area contributed by atoms with E-state index in [9.17, 15) is 0 Å². The summed E-state index contributed by atoms with van der Waals surface area (Å²) in [5.41, 5.74) is 0. The van der Waals surface area contributed by atoms with E-state index in [4.69, 9.17) is 0 Å². The van der Waals surface area contributed by atoms with Crippen LogP contribution in [0.4, 0.5) is 0 Å². The second-order valence-corrected chi connectivity index (χ2v) is 4.31. The first kappa shape index (κ1) is 29.1. The van der Waals surface area contributed by atoms with Gasteiger partial charge in [0.25, 0.3) is 0 Å². The molecule has 0 atom stereocenters. The largest absolute Gasteiger partial charge is 0.168 e. The van der Waals surface area contributed by atoms with Gasteiger partial charge in [-0.25, -0.2) is 0 Å². The number of rotatable bonds is 0. The van der Waals surface area contributed by atoms with Crippen LogP contribution in [0.15, 0.2) is 84.9 Å². The van der Waals surface area contributed by atoms with E-state index in [-0.39, 0.29) is 32.2 Å². The second-order valence-electron chi connectivity index (χ2n) is 4.31. The summed E-state index contributed by atoms with van der Waals surface area (Å²) < 4.78 is 0. The number of halogens is 2. The zero-order chi connectivity index (χ0) is 16.2. The summed E-state index contributed by atoms with van der Waals surface area (Å²) in [5.74, 6) is 0. The number of fused-ring (bicyclic) bond motifs is 2. The standard InChI is InChI=1S/2C9H7.C2H5.CH3.2ClH.Si.Zr/c2*1-2-5-9-7-3-6-8(9)4-1;1-2;;;;;/h2*1-7H;1H2,2H3;1H3;2*1H;;/q4*-1;;;;. The van der Waals surface area contributed by atoms with E-state index < -0.39 is 0 Å². The van der Waals surface area contributed by atoms with Crippen LogP contribution >= 0.6 is 24.8 Å². The molecule has 0 amide bonds. The van der Waals surface area contributed by atoms with Gasteiger partial charge in [0.1, 0.15) is 0 Å². The molecular weight excluding hydrogens is 442 g/mol. The number of hydrogen-bond acceptors (Lipinski definition) is 0. The summed E-state index contributed by atoms with van der Waals surface area (Å²) in [7, 11) is 0. The molecule has 134 valence electrons. The Labute approximate surface area is 181 Å². The van der Waals surface area contributed by atoms with Gasteiger partial charge in [0.05, 0.1) is 0 Å². The summed E-state index contributed by atoms with van der Waals surface area (Å²) in [6.07, 6.45) is 0. The molecule has 0 nitrogen and oxygen atoms in total. The maximum Gasteiger partial charge on any atom is -0.0809 e. The maximum absolute atomic E-state index is 3.25. The van der Waals surface area contributed by atoms with Gasteiger partial charge in [0.15, 0.2) is 0 Å². The summed E-state index contributed by atoms with van der Waals surface area (Å²) in [4.78, 5) is 0. The summed E-state index contributed by atoms with van der Waals surface area (Å²) >= 11 is 1.36. The Balaban J connectivity index is -0.000000294. The van der Waals surface area contributed by atoms with Crippen LogP contribution in [0.2, 0.25) is 0 Å². The van der Waals surface area contributed by atoms with Crippen molar-refractivity contribution in [3.63, 3.8) is 0 Å². The van der Waals surface area contributed by atoms with E-state index in [2.05, 4.69) is 98.7 Å². The van der Waals surface area contributed by atoms with E-state index in [0.717, 1.165) is 0 Å². The van der Waals surface area contributed by atoms with Crippen molar-refractivity contribution in [1.29, 1.82) is 0 Å². The Kier molecular flexibility index (Phi) is 21.1. The Bertz CT molecular complexity index is 651. The van der Waals surface area contributed by atoms with Crippen molar-refractivity contribution in [1.82, 2.24) is 0 Å². The molecule has 0 aliphatic rings. The van der Waals surface area contributed by atoms with Crippen LogP contribution in [-0.2, 0) is 23.3 Å². The molecule has 0 aliphatic carbocycles. The van der Waals surface area contributed by atoms with E-state index >= 15 is 0 Å². The van der Waals surface area contributed by atoms with Crippen molar-refractivity contribution in [3.05, 3.63) is 99.3 Å². The molecule has 4 rings (SSSR count). The quantitative estimate of drug-likeness (QED) is 0.196. The first-order valence-electron chi connectivity index (χ1n) is 7.10. The molecule has 25 heavy (non-hydrogen) atoms. The second kappa shape index (κ2) is 18.1. The van der Waals surface area contributed by atoms with E-state index in [0.29, 0.717) is 0 Å². The van der Waals surface area contributed by atoms with Gasteiger partial charge in [-0.05, 0) is 0 Å². The zero-order valence-electron chi connectivity index (χ0n) is 14.6. The van der Waals surface area contributed by atoms with Gasteiger partial charge >= 0.3 is 30.2 Å². The van der Waals surface area contributed by atoms with Crippen LogP contribution < -0.4 is 0 Å². The predicted molar refractivity (Wildman–Crippen MR) is 117 cm³/mol. The van der Waals surface area contributed by atoms with Gasteiger partial charge in [0.2, 0.25) is 0 Å². The molecule has 0 heterocycles. The third kappa shape index (κ3) is 9.56. The van der Waals surface area contributed by atoms with Gasteiger partial charge in [-0.3, -0.25) is 0 Å². The Morgan fingerprint density at radius 1 is 0.680 bits per heavy atom. The molecule has 2 radical (unpaired) electrons. The van der Waals surface area contributed by atoms with Crippen molar-refractivity contribution >= 4 is 53.2 Å². The minimum Gasteiger partial charge on any atom is -0.168 e. The third-order valence-electron chi connectivity index (χ3n) is 3.10. The molecule has 4 aromatic rings. The smallest absolute Gasteiger partial charge is 0.0809 e. The first-order valence-corrected chi connectivity index (χ1v) is 11.3. The molecule has 0 bridgehead atoms. The minimum atomic E-state index is 0. The van der Waals surface area contributed by atoms with Crippen molar-refractivity contribution in [2.24, 2.45) is 0 Å². The molecule has 0 unspecified atom stereocenters. The molecule has 0 aromatic heterocycles. The van der Waals surface area contributed by atoms with Crippen LogP contribution in [0.3, 0.4) is 0 Å². The topological polar surface area (TPSA) is 0 Å². The van der Waals surface area contributed by atoms with Crippen LogP contribution in [0.5, 0.6) is 0 Å². The normalized spacial score (nSPS) is 7.72. The van der Waals surface area contributed by atoms with E-state index in [1.165, 1.54) is 44.9 Å². The molecule has 0 saturated heterocycles. The van der Waals surface area contributed by atoms with Gasteiger partial charge in [-0.15, -0.1) is 84.1 Å². The fourth-order valence-electron chi connectivity index (χ4n) is 2.14. The summed E-state index contributed by atoms with van der Waals surface area (Å²) in [6.45, 7) is 8.06. The fourth-order valence-corrected chi connectivity index (χ4v) is 2.14. The maximum atomic E-state index is 3.25. The molecule has 0 N–H and O–H groups in total.